The Labute approximate surface area is 230 Å². The molecule has 1 rings (SSSR count). The van der Waals surface area contributed by atoms with E-state index in [-0.39, 0.29) is 19.2 Å². The number of hydrogen-bond donors (Lipinski definition) is 0. The molecular formula is C33H48O5. The van der Waals surface area contributed by atoms with E-state index in [2.05, 4.69) is 31.2 Å². The molecule has 0 amide bonds. The van der Waals surface area contributed by atoms with E-state index in [1.807, 2.05) is 30.3 Å². The van der Waals surface area contributed by atoms with Gasteiger partial charge in [0, 0.05) is 6.42 Å². The van der Waals surface area contributed by atoms with Crippen LogP contribution in [0.25, 0.3) is 6.08 Å². The molecule has 38 heavy (non-hydrogen) atoms. The average molecular weight is 525 g/mol. The van der Waals surface area contributed by atoms with E-state index in [9.17, 15) is 9.59 Å². The van der Waals surface area contributed by atoms with Gasteiger partial charge >= 0.3 is 11.9 Å². The zero-order valence-corrected chi connectivity index (χ0v) is 23.8. The van der Waals surface area contributed by atoms with Crippen molar-refractivity contribution < 1.29 is 23.8 Å². The molecule has 0 heterocycles. The van der Waals surface area contributed by atoms with Crippen molar-refractivity contribution in [3.63, 3.8) is 0 Å². The lowest BCUT2D eigenvalue weighted by molar-refractivity contribution is -0.144. The molecule has 0 N–H and O–H groups in total. The summed E-state index contributed by atoms with van der Waals surface area (Å²) < 4.78 is 15.7. The highest BCUT2D eigenvalue weighted by Gasteiger charge is 2.12. The lowest BCUT2D eigenvalue weighted by atomic mass is 10.1. The van der Waals surface area contributed by atoms with Gasteiger partial charge in [-0.1, -0.05) is 87.6 Å². The van der Waals surface area contributed by atoms with Crippen molar-refractivity contribution in [1.29, 1.82) is 0 Å². The van der Waals surface area contributed by atoms with Crippen molar-refractivity contribution in [1.82, 2.24) is 0 Å². The van der Waals surface area contributed by atoms with Crippen molar-refractivity contribution in [3.05, 3.63) is 71.9 Å². The quantitative estimate of drug-likeness (QED) is 0.0698. The molecule has 0 aliphatic heterocycles. The molecule has 1 aromatic rings. The predicted molar refractivity (Wildman–Crippen MR) is 157 cm³/mol. The van der Waals surface area contributed by atoms with Gasteiger partial charge in [-0.2, -0.15) is 0 Å². The Morgan fingerprint density at radius 3 is 2.11 bits per heavy atom. The Hall–Kier alpha value is -3.08. The highest BCUT2D eigenvalue weighted by molar-refractivity contribution is 5.89. The first-order valence-corrected chi connectivity index (χ1v) is 14.2. The summed E-state index contributed by atoms with van der Waals surface area (Å²) in [5, 5.41) is 0. The van der Waals surface area contributed by atoms with Crippen LogP contribution in [0.4, 0.5) is 0 Å². The van der Waals surface area contributed by atoms with Crippen LogP contribution in [0.15, 0.2) is 66.3 Å². The number of unbranched alkanes of at least 4 members (excludes halogenated alkanes) is 8. The maximum atomic E-state index is 12.2. The molecular weight excluding hydrogens is 476 g/mol. The van der Waals surface area contributed by atoms with Gasteiger partial charge < -0.3 is 14.2 Å². The minimum atomic E-state index is -0.475. The summed E-state index contributed by atoms with van der Waals surface area (Å²) in [6, 6.07) is 7.57. The molecule has 0 atom stereocenters. The number of methoxy groups -OCH3 is 1. The third kappa shape index (κ3) is 17.4. The van der Waals surface area contributed by atoms with Crippen LogP contribution >= 0.6 is 0 Å². The van der Waals surface area contributed by atoms with Crippen molar-refractivity contribution >= 4 is 18.0 Å². The Kier molecular flexibility index (Phi) is 20.0. The maximum absolute atomic E-state index is 12.2. The summed E-state index contributed by atoms with van der Waals surface area (Å²) in [4.78, 5) is 24.3. The summed E-state index contributed by atoms with van der Waals surface area (Å²) in [5.41, 5.74) is 1.33. The van der Waals surface area contributed by atoms with Gasteiger partial charge in [0.05, 0.1) is 12.7 Å². The molecule has 0 saturated carbocycles. The second-order valence-corrected chi connectivity index (χ2v) is 9.23. The second kappa shape index (κ2) is 23.1. The van der Waals surface area contributed by atoms with E-state index in [1.165, 1.54) is 38.5 Å². The van der Waals surface area contributed by atoms with Crippen LogP contribution in [-0.2, 0) is 19.1 Å². The van der Waals surface area contributed by atoms with Crippen molar-refractivity contribution in [2.75, 3.05) is 20.3 Å². The fourth-order valence-corrected chi connectivity index (χ4v) is 3.69. The van der Waals surface area contributed by atoms with E-state index >= 15 is 0 Å². The molecule has 0 bridgehead atoms. The number of esters is 2. The Bertz CT molecular complexity index is 877. The number of benzene rings is 1. The van der Waals surface area contributed by atoms with Gasteiger partial charge in [-0.3, -0.25) is 4.79 Å². The molecule has 210 valence electrons. The molecule has 0 unspecified atom stereocenters. The zero-order chi connectivity index (χ0) is 27.7. The number of rotatable bonds is 21. The molecule has 0 spiro atoms. The number of hydrogen-bond acceptors (Lipinski definition) is 5. The number of allylic oxidation sites excluding steroid dienone is 5. The minimum absolute atomic E-state index is 0.0589. The first kappa shape index (κ1) is 32.9. The van der Waals surface area contributed by atoms with Crippen molar-refractivity contribution in [2.45, 2.75) is 90.9 Å². The molecule has 5 nitrogen and oxygen atoms in total. The van der Waals surface area contributed by atoms with E-state index in [4.69, 9.17) is 14.2 Å². The Balaban J connectivity index is 2.06. The average Bonchev–Trinajstić information content (AvgIpc) is 2.93. The molecule has 0 radical (unpaired) electrons. The van der Waals surface area contributed by atoms with Crippen LogP contribution in [0.2, 0.25) is 0 Å². The molecule has 0 saturated heterocycles. The van der Waals surface area contributed by atoms with Gasteiger partial charge in [-0.25, -0.2) is 4.79 Å². The lowest BCUT2D eigenvalue weighted by Gasteiger charge is -2.08. The SMILES string of the molecule is C/C=C(\COC(=O)CCCCCCC/C=C\C/C=C\CCCCC)C(=O)OC/C=C/c1ccc(OC)cc1. The molecule has 5 heteroatoms. The summed E-state index contributed by atoms with van der Waals surface area (Å²) in [7, 11) is 1.62. The van der Waals surface area contributed by atoms with Crippen LogP contribution in [0, 0.1) is 0 Å². The molecule has 1 aromatic carbocycles. The normalized spacial score (nSPS) is 12.0. The van der Waals surface area contributed by atoms with Crippen molar-refractivity contribution in [2.24, 2.45) is 0 Å². The zero-order valence-electron chi connectivity index (χ0n) is 23.8. The third-order valence-corrected chi connectivity index (χ3v) is 6.07. The molecule has 0 aliphatic carbocycles. The number of ether oxygens (including phenoxy) is 3. The Morgan fingerprint density at radius 2 is 1.45 bits per heavy atom. The van der Waals surface area contributed by atoms with E-state index in [0.29, 0.717) is 12.0 Å². The standard InChI is InChI=1S/C33H48O5/c1-4-6-7-8-9-10-11-12-13-14-15-16-17-18-19-22-32(34)38-28-30(5-2)33(35)37-27-20-21-29-23-25-31(36-3)26-24-29/h5,9-10,12-13,20-21,23-26H,4,6-8,11,14-19,22,27-28H2,1-3H3/b10-9-,13-12-,21-20+,30-5+. The highest BCUT2D eigenvalue weighted by atomic mass is 16.5. The van der Waals surface area contributed by atoms with Gasteiger partial charge in [0.15, 0.2) is 0 Å². The molecule has 0 aromatic heterocycles. The van der Waals surface area contributed by atoms with Crippen molar-refractivity contribution in [3.8, 4) is 5.75 Å². The Morgan fingerprint density at radius 1 is 0.789 bits per heavy atom. The first-order valence-electron chi connectivity index (χ1n) is 14.2. The van der Waals surface area contributed by atoms with Gasteiger partial charge in [0.25, 0.3) is 0 Å². The van der Waals surface area contributed by atoms with E-state index < -0.39 is 5.97 Å². The fraction of sp³-hybridized carbons (Fsp3) is 0.515. The summed E-state index contributed by atoms with van der Waals surface area (Å²) in [5.74, 6) is 0.0373. The van der Waals surface area contributed by atoms with Gasteiger partial charge in [-0.05, 0) is 69.2 Å². The molecule has 0 aliphatic rings. The summed E-state index contributed by atoms with van der Waals surface area (Å²) in [6.45, 7) is 4.05. The topological polar surface area (TPSA) is 61.8 Å². The minimum Gasteiger partial charge on any atom is -0.497 e. The van der Waals surface area contributed by atoms with Crippen LogP contribution < -0.4 is 4.74 Å². The van der Waals surface area contributed by atoms with Gasteiger partial charge in [-0.15, -0.1) is 0 Å². The van der Waals surface area contributed by atoms with Gasteiger partial charge in [0.1, 0.15) is 19.0 Å². The first-order chi connectivity index (χ1) is 18.6. The van der Waals surface area contributed by atoms with Crippen LogP contribution in [0.1, 0.15) is 96.5 Å². The van der Waals surface area contributed by atoms with E-state index in [0.717, 1.165) is 43.4 Å². The van der Waals surface area contributed by atoms with Gasteiger partial charge in [0.2, 0.25) is 0 Å². The monoisotopic (exact) mass is 524 g/mol. The number of carbonyl (C=O) groups excluding carboxylic acids is 2. The summed E-state index contributed by atoms with van der Waals surface area (Å²) in [6.07, 6.45) is 27.3. The van der Waals surface area contributed by atoms with Crippen LogP contribution in [0.5, 0.6) is 5.75 Å². The molecule has 0 fully saturated rings. The second-order valence-electron chi connectivity index (χ2n) is 9.23. The van der Waals surface area contributed by atoms with E-state index in [1.54, 1.807) is 26.2 Å². The smallest absolute Gasteiger partial charge is 0.337 e. The predicted octanol–water partition coefficient (Wildman–Crippen LogP) is 8.55. The third-order valence-electron chi connectivity index (χ3n) is 6.07. The van der Waals surface area contributed by atoms with Crippen LogP contribution in [0.3, 0.4) is 0 Å². The number of carbonyl (C=O) groups is 2. The summed E-state index contributed by atoms with van der Waals surface area (Å²) >= 11 is 0. The maximum Gasteiger partial charge on any atom is 0.337 e. The fourth-order valence-electron chi connectivity index (χ4n) is 3.69. The highest BCUT2D eigenvalue weighted by Crippen LogP contribution is 2.13. The van der Waals surface area contributed by atoms with Crippen LogP contribution in [-0.4, -0.2) is 32.3 Å². The lowest BCUT2D eigenvalue weighted by Crippen LogP contribution is -2.15. The largest absolute Gasteiger partial charge is 0.497 e.